The van der Waals surface area contributed by atoms with E-state index in [4.69, 9.17) is 4.74 Å². The second-order valence-corrected chi connectivity index (χ2v) is 5.41. The Bertz CT molecular complexity index is 417. The van der Waals surface area contributed by atoms with Gasteiger partial charge in [-0.25, -0.2) is 0 Å². The van der Waals surface area contributed by atoms with E-state index in [1.807, 2.05) is 30.3 Å². The average Bonchev–Trinajstić information content (AvgIpc) is 3.25. The molecule has 2 atom stereocenters. The van der Waals surface area contributed by atoms with Crippen LogP contribution >= 0.6 is 0 Å². The number of hydrogen-bond donors (Lipinski definition) is 2. The minimum absolute atomic E-state index is 0.0456. The molecule has 1 fully saturated rings. The normalized spacial score (nSPS) is 17.5. The first-order valence-electron chi connectivity index (χ1n) is 7.22. The molecule has 0 heterocycles. The first kappa shape index (κ1) is 15.0. The number of aliphatic hydroxyl groups is 1. The summed E-state index contributed by atoms with van der Waals surface area (Å²) >= 11 is 0. The van der Waals surface area contributed by atoms with Crippen molar-refractivity contribution in [2.45, 2.75) is 31.3 Å². The van der Waals surface area contributed by atoms with E-state index in [2.05, 4.69) is 5.32 Å². The summed E-state index contributed by atoms with van der Waals surface area (Å²) in [5, 5.41) is 12.5. The molecule has 0 radical (unpaired) electrons. The SMILES string of the molecule is COCC(O)CCNC(=O)C(c1ccccc1)C1CC1. The number of carbonyl (C=O) groups is 1. The van der Waals surface area contributed by atoms with Gasteiger partial charge in [-0.3, -0.25) is 4.79 Å². The Labute approximate surface area is 120 Å². The second kappa shape index (κ2) is 7.41. The second-order valence-electron chi connectivity index (χ2n) is 5.41. The van der Waals surface area contributed by atoms with Crippen molar-refractivity contribution in [1.82, 2.24) is 5.32 Å². The Morgan fingerprint density at radius 1 is 1.40 bits per heavy atom. The van der Waals surface area contributed by atoms with E-state index in [1.54, 1.807) is 7.11 Å². The molecular formula is C16H23NO3. The average molecular weight is 277 g/mol. The number of rotatable bonds is 8. The van der Waals surface area contributed by atoms with Gasteiger partial charge >= 0.3 is 0 Å². The molecule has 0 aromatic heterocycles. The fourth-order valence-electron chi connectivity index (χ4n) is 2.48. The zero-order valence-corrected chi connectivity index (χ0v) is 11.9. The number of nitrogens with one attached hydrogen (secondary N) is 1. The van der Waals surface area contributed by atoms with E-state index in [0.29, 0.717) is 25.5 Å². The van der Waals surface area contributed by atoms with Gasteiger partial charge in [-0.1, -0.05) is 30.3 Å². The van der Waals surface area contributed by atoms with E-state index in [0.717, 1.165) is 18.4 Å². The third-order valence-corrected chi connectivity index (χ3v) is 3.67. The minimum atomic E-state index is -0.517. The Morgan fingerprint density at radius 2 is 2.10 bits per heavy atom. The molecule has 2 N–H and O–H groups in total. The largest absolute Gasteiger partial charge is 0.391 e. The Balaban J connectivity index is 1.86. The highest BCUT2D eigenvalue weighted by Crippen LogP contribution is 2.42. The van der Waals surface area contributed by atoms with Crippen molar-refractivity contribution in [2.75, 3.05) is 20.3 Å². The maximum atomic E-state index is 12.3. The molecule has 4 nitrogen and oxygen atoms in total. The van der Waals surface area contributed by atoms with Crippen LogP contribution in [0.2, 0.25) is 0 Å². The number of ether oxygens (including phenoxy) is 1. The van der Waals surface area contributed by atoms with Crippen molar-refractivity contribution in [2.24, 2.45) is 5.92 Å². The van der Waals surface area contributed by atoms with Gasteiger partial charge < -0.3 is 15.2 Å². The van der Waals surface area contributed by atoms with Crippen LogP contribution in [-0.4, -0.2) is 37.4 Å². The molecule has 1 aliphatic carbocycles. The van der Waals surface area contributed by atoms with Crippen molar-refractivity contribution in [3.63, 3.8) is 0 Å². The highest BCUT2D eigenvalue weighted by molar-refractivity contribution is 5.84. The van der Waals surface area contributed by atoms with Crippen LogP contribution in [0.25, 0.3) is 0 Å². The molecule has 1 aromatic carbocycles. The maximum Gasteiger partial charge on any atom is 0.227 e. The van der Waals surface area contributed by atoms with Crippen LogP contribution in [0.4, 0.5) is 0 Å². The van der Waals surface area contributed by atoms with Gasteiger partial charge in [0.2, 0.25) is 5.91 Å². The summed E-state index contributed by atoms with van der Waals surface area (Å²) in [6, 6.07) is 9.94. The molecule has 0 spiro atoms. The summed E-state index contributed by atoms with van der Waals surface area (Å²) < 4.78 is 4.86. The minimum Gasteiger partial charge on any atom is -0.391 e. The number of hydrogen-bond acceptors (Lipinski definition) is 3. The molecule has 0 aliphatic heterocycles. The summed E-state index contributed by atoms with van der Waals surface area (Å²) in [5.41, 5.74) is 1.09. The topological polar surface area (TPSA) is 58.6 Å². The maximum absolute atomic E-state index is 12.3. The molecule has 110 valence electrons. The molecule has 0 saturated heterocycles. The van der Waals surface area contributed by atoms with Crippen LogP contribution in [0.3, 0.4) is 0 Å². The lowest BCUT2D eigenvalue weighted by molar-refractivity contribution is -0.123. The summed E-state index contributed by atoms with van der Waals surface area (Å²) in [5.74, 6) is 0.500. The van der Waals surface area contributed by atoms with Gasteiger partial charge in [-0.05, 0) is 30.7 Å². The molecule has 1 saturated carbocycles. The molecule has 1 amide bonds. The molecule has 20 heavy (non-hydrogen) atoms. The van der Waals surface area contributed by atoms with Gasteiger partial charge in [0.15, 0.2) is 0 Å². The van der Waals surface area contributed by atoms with Gasteiger partial charge in [0.1, 0.15) is 0 Å². The van der Waals surface area contributed by atoms with E-state index < -0.39 is 6.10 Å². The predicted octanol–water partition coefficient (Wildman–Crippen LogP) is 1.69. The summed E-state index contributed by atoms with van der Waals surface area (Å²) in [4.78, 5) is 12.3. The Hall–Kier alpha value is -1.39. The monoisotopic (exact) mass is 277 g/mol. The Morgan fingerprint density at radius 3 is 2.70 bits per heavy atom. The summed E-state index contributed by atoms with van der Waals surface area (Å²) in [6.45, 7) is 0.792. The van der Waals surface area contributed by atoms with Gasteiger partial charge in [-0.2, -0.15) is 0 Å². The zero-order chi connectivity index (χ0) is 14.4. The lowest BCUT2D eigenvalue weighted by Gasteiger charge is -2.17. The molecule has 1 aliphatic rings. The van der Waals surface area contributed by atoms with Crippen molar-refractivity contribution in [3.8, 4) is 0 Å². The fraction of sp³-hybridized carbons (Fsp3) is 0.562. The number of carbonyl (C=O) groups excluding carboxylic acids is 1. The van der Waals surface area contributed by atoms with E-state index in [1.165, 1.54) is 0 Å². The molecule has 0 bridgehead atoms. The molecule has 2 unspecified atom stereocenters. The number of amides is 1. The molecular weight excluding hydrogens is 254 g/mol. The lowest BCUT2D eigenvalue weighted by atomic mass is 9.93. The van der Waals surface area contributed by atoms with Crippen LogP contribution in [0.1, 0.15) is 30.7 Å². The van der Waals surface area contributed by atoms with Crippen molar-refractivity contribution in [3.05, 3.63) is 35.9 Å². The van der Waals surface area contributed by atoms with Gasteiger partial charge in [0, 0.05) is 13.7 Å². The van der Waals surface area contributed by atoms with Gasteiger partial charge in [0.25, 0.3) is 0 Å². The number of methoxy groups -OCH3 is 1. The van der Waals surface area contributed by atoms with Crippen LogP contribution in [0.5, 0.6) is 0 Å². The van der Waals surface area contributed by atoms with Crippen LogP contribution in [0, 0.1) is 5.92 Å². The quantitative estimate of drug-likeness (QED) is 0.760. The summed E-state index contributed by atoms with van der Waals surface area (Å²) in [6.07, 6.45) is 2.25. The third kappa shape index (κ3) is 4.32. The van der Waals surface area contributed by atoms with Crippen molar-refractivity contribution in [1.29, 1.82) is 0 Å². The predicted molar refractivity (Wildman–Crippen MR) is 77.4 cm³/mol. The van der Waals surface area contributed by atoms with Crippen molar-refractivity contribution < 1.29 is 14.6 Å². The lowest BCUT2D eigenvalue weighted by Crippen LogP contribution is -2.33. The van der Waals surface area contributed by atoms with Crippen molar-refractivity contribution >= 4 is 5.91 Å². The van der Waals surface area contributed by atoms with E-state index in [9.17, 15) is 9.90 Å². The smallest absolute Gasteiger partial charge is 0.227 e. The number of aliphatic hydroxyl groups excluding tert-OH is 1. The third-order valence-electron chi connectivity index (χ3n) is 3.67. The molecule has 1 aromatic rings. The Kier molecular flexibility index (Phi) is 5.56. The van der Waals surface area contributed by atoms with Crippen LogP contribution in [0.15, 0.2) is 30.3 Å². The molecule has 4 heteroatoms. The highest BCUT2D eigenvalue weighted by Gasteiger charge is 2.36. The number of benzene rings is 1. The van der Waals surface area contributed by atoms with Crippen LogP contribution < -0.4 is 5.32 Å². The standard InChI is InChI=1S/C16H23NO3/c1-20-11-14(18)9-10-17-16(19)15(13-7-8-13)12-5-3-2-4-6-12/h2-6,13-15,18H,7-11H2,1H3,(H,17,19). The van der Waals surface area contributed by atoms with E-state index in [-0.39, 0.29) is 11.8 Å². The summed E-state index contributed by atoms with van der Waals surface area (Å²) in [7, 11) is 1.56. The first-order chi connectivity index (χ1) is 9.72. The van der Waals surface area contributed by atoms with Gasteiger partial charge in [0.05, 0.1) is 18.6 Å². The zero-order valence-electron chi connectivity index (χ0n) is 11.9. The van der Waals surface area contributed by atoms with Gasteiger partial charge in [-0.15, -0.1) is 0 Å². The highest BCUT2D eigenvalue weighted by atomic mass is 16.5. The van der Waals surface area contributed by atoms with E-state index >= 15 is 0 Å². The van der Waals surface area contributed by atoms with Crippen LogP contribution in [-0.2, 0) is 9.53 Å². The first-order valence-corrected chi connectivity index (χ1v) is 7.22. The molecule has 2 rings (SSSR count). The fourth-order valence-corrected chi connectivity index (χ4v) is 2.48.